The fraction of sp³-hybridized carbons (Fsp3) is 0.120. The molecule has 1 aliphatic heterocycles. The maximum absolute atomic E-state index is 13.1. The number of anilines is 1. The van der Waals surface area contributed by atoms with Crippen molar-refractivity contribution in [2.24, 2.45) is 0 Å². The van der Waals surface area contributed by atoms with Crippen LogP contribution in [0.3, 0.4) is 0 Å². The minimum absolute atomic E-state index is 0.0206. The Kier molecular flexibility index (Phi) is 5.45. The van der Waals surface area contributed by atoms with Gasteiger partial charge in [0.1, 0.15) is 5.76 Å². The van der Waals surface area contributed by atoms with Crippen LogP contribution in [0.1, 0.15) is 17.2 Å². The summed E-state index contributed by atoms with van der Waals surface area (Å²) in [5.41, 5.74) is 1.64. The third-order valence-corrected chi connectivity index (χ3v) is 5.25. The van der Waals surface area contributed by atoms with Gasteiger partial charge in [0, 0.05) is 11.3 Å². The number of rotatable bonds is 5. The number of hydrogen-bond acceptors (Lipinski definition) is 5. The lowest BCUT2D eigenvalue weighted by molar-refractivity contribution is -0.132. The van der Waals surface area contributed by atoms with Gasteiger partial charge in [-0.3, -0.25) is 14.5 Å². The molecule has 1 unspecified atom stereocenters. The maximum Gasteiger partial charge on any atom is 0.300 e. The van der Waals surface area contributed by atoms with E-state index < -0.39 is 17.7 Å². The summed E-state index contributed by atoms with van der Waals surface area (Å²) in [6.07, 6.45) is 0. The van der Waals surface area contributed by atoms with E-state index in [4.69, 9.17) is 9.47 Å². The maximum atomic E-state index is 13.1. The molecule has 1 saturated heterocycles. The lowest BCUT2D eigenvalue weighted by Crippen LogP contribution is -2.29. The summed E-state index contributed by atoms with van der Waals surface area (Å²) in [7, 11) is 3.04. The number of Topliss-reactive ketones (excluding diaryl/α,β-unsaturated/α-hetero) is 1. The summed E-state index contributed by atoms with van der Waals surface area (Å²) >= 11 is 0. The predicted octanol–water partition coefficient (Wildman–Crippen LogP) is 4.33. The zero-order valence-corrected chi connectivity index (χ0v) is 17.1. The molecule has 6 heteroatoms. The monoisotopic (exact) mass is 415 g/mol. The highest BCUT2D eigenvalue weighted by atomic mass is 16.5. The van der Waals surface area contributed by atoms with Gasteiger partial charge in [-0.1, -0.05) is 54.6 Å². The van der Waals surface area contributed by atoms with E-state index in [1.807, 2.05) is 12.1 Å². The molecule has 0 aromatic heterocycles. The zero-order chi connectivity index (χ0) is 22.0. The Labute approximate surface area is 180 Å². The Morgan fingerprint density at radius 2 is 1.45 bits per heavy atom. The van der Waals surface area contributed by atoms with Gasteiger partial charge in [-0.05, 0) is 29.8 Å². The van der Waals surface area contributed by atoms with Crippen LogP contribution in [-0.2, 0) is 9.59 Å². The highest BCUT2D eigenvalue weighted by Gasteiger charge is 2.47. The molecule has 31 heavy (non-hydrogen) atoms. The zero-order valence-electron chi connectivity index (χ0n) is 17.1. The first-order chi connectivity index (χ1) is 15.1. The first-order valence-electron chi connectivity index (χ1n) is 9.70. The van der Waals surface area contributed by atoms with Gasteiger partial charge in [0.15, 0.2) is 11.5 Å². The number of ether oxygens (including phenoxy) is 2. The van der Waals surface area contributed by atoms with E-state index in [1.54, 1.807) is 66.7 Å². The molecule has 6 nitrogen and oxygen atoms in total. The van der Waals surface area contributed by atoms with E-state index in [2.05, 4.69) is 0 Å². The Balaban J connectivity index is 1.96. The molecule has 4 rings (SSSR count). The van der Waals surface area contributed by atoms with Crippen molar-refractivity contribution in [3.05, 3.63) is 95.6 Å². The molecule has 0 radical (unpaired) electrons. The molecule has 3 aromatic carbocycles. The quantitative estimate of drug-likeness (QED) is 0.381. The van der Waals surface area contributed by atoms with Crippen molar-refractivity contribution in [2.75, 3.05) is 19.1 Å². The second-order valence-electron chi connectivity index (χ2n) is 6.99. The molecular weight excluding hydrogens is 394 g/mol. The molecule has 1 atom stereocenters. The number of nitrogens with zero attached hydrogens (tertiary/aromatic N) is 1. The molecule has 1 N–H and O–H groups in total. The molecule has 0 saturated carbocycles. The van der Waals surface area contributed by atoms with Gasteiger partial charge in [0.25, 0.3) is 11.7 Å². The van der Waals surface area contributed by atoms with E-state index in [1.165, 1.54) is 19.1 Å². The highest BCUT2D eigenvalue weighted by Crippen LogP contribution is 2.43. The van der Waals surface area contributed by atoms with Crippen LogP contribution in [0, 0.1) is 0 Å². The molecule has 0 bridgehead atoms. The summed E-state index contributed by atoms with van der Waals surface area (Å²) in [6.45, 7) is 0. The standard InChI is InChI=1S/C25H21NO5/c1-30-19-14-13-17(15-20(19)31-2)22-21(23(27)16-9-5-3-6-10-16)24(28)25(29)26(22)18-11-7-4-8-12-18/h3-15,22,27H,1-2H3/b23-21-. The first kappa shape index (κ1) is 20.2. The molecule has 3 aromatic rings. The molecule has 0 aliphatic carbocycles. The largest absolute Gasteiger partial charge is 0.507 e. The molecule has 1 heterocycles. The van der Waals surface area contributed by atoms with Crippen molar-refractivity contribution < 1.29 is 24.2 Å². The number of aliphatic hydroxyl groups excluding tert-OH is 1. The lowest BCUT2D eigenvalue weighted by atomic mass is 9.94. The van der Waals surface area contributed by atoms with Gasteiger partial charge in [0.05, 0.1) is 25.8 Å². The summed E-state index contributed by atoms with van der Waals surface area (Å²) < 4.78 is 10.7. The van der Waals surface area contributed by atoms with E-state index >= 15 is 0 Å². The van der Waals surface area contributed by atoms with Crippen LogP contribution in [0.2, 0.25) is 0 Å². The Morgan fingerprint density at radius 3 is 2.06 bits per heavy atom. The summed E-state index contributed by atoms with van der Waals surface area (Å²) in [6, 6.07) is 22.0. The summed E-state index contributed by atoms with van der Waals surface area (Å²) in [5, 5.41) is 11.1. The fourth-order valence-corrected chi connectivity index (χ4v) is 3.78. The number of carbonyl (C=O) groups excluding carboxylic acids is 2. The van der Waals surface area contributed by atoms with Crippen LogP contribution in [0.4, 0.5) is 5.69 Å². The Bertz CT molecular complexity index is 1160. The summed E-state index contributed by atoms with van der Waals surface area (Å²) in [5.74, 6) is -0.699. The van der Waals surface area contributed by atoms with Crippen molar-refractivity contribution >= 4 is 23.1 Å². The number of carbonyl (C=O) groups is 2. The van der Waals surface area contributed by atoms with Crippen molar-refractivity contribution in [3.8, 4) is 11.5 Å². The summed E-state index contributed by atoms with van der Waals surface area (Å²) in [4.78, 5) is 27.6. The average molecular weight is 415 g/mol. The van der Waals surface area contributed by atoms with Gasteiger partial charge in [-0.15, -0.1) is 0 Å². The van der Waals surface area contributed by atoms with E-state index in [-0.39, 0.29) is 11.3 Å². The minimum Gasteiger partial charge on any atom is -0.507 e. The highest BCUT2D eigenvalue weighted by molar-refractivity contribution is 6.51. The molecule has 1 aliphatic rings. The van der Waals surface area contributed by atoms with E-state index in [9.17, 15) is 14.7 Å². The molecule has 156 valence electrons. The number of benzene rings is 3. The Morgan fingerprint density at radius 1 is 0.839 bits per heavy atom. The number of para-hydroxylation sites is 1. The minimum atomic E-state index is -0.831. The van der Waals surface area contributed by atoms with Crippen LogP contribution >= 0.6 is 0 Å². The third-order valence-electron chi connectivity index (χ3n) is 5.25. The second kappa shape index (κ2) is 8.36. The van der Waals surface area contributed by atoms with E-state index in [0.29, 0.717) is 28.3 Å². The third kappa shape index (κ3) is 3.53. The number of aliphatic hydroxyl groups is 1. The van der Waals surface area contributed by atoms with Crippen LogP contribution in [-0.4, -0.2) is 31.0 Å². The second-order valence-corrected chi connectivity index (χ2v) is 6.99. The lowest BCUT2D eigenvalue weighted by Gasteiger charge is -2.26. The topological polar surface area (TPSA) is 76.1 Å². The van der Waals surface area contributed by atoms with Crippen LogP contribution in [0.5, 0.6) is 11.5 Å². The predicted molar refractivity (Wildman–Crippen MR) is 117 cm³/mol. The first-order valence-corrected chi connectivity index (χ1v) is 9.70. The van der Waals surface area contributed by atoms with Gasteiger partial charge in [-0.25, -0.2) is 0 Å². The van der Waals surface area contributed by atoms with Crippen molar-refractivity contribution in [2.45, 2.75) is 6.04 Å². The average Bonchev–Trinajstić information content (AvgIpc) is 3.09. The normalized spacial score (nSPS) is 17.6. The smallest absolute Gasteiger partial charge is 0.300 e. The molecule has 1 fully saturated rings. The number of hydrogen-bond donors (Lipinski definition) is 1. The van der Waals surface area contributed by atoms with Gasteiger partial charge in [-0.2, -0.15) is 0 Å². The molecule has 0 spiro atoms. The molecular formula is C25H21NO5. The van der Waals surface area contributed by atoms with Crippen molar-refractivity contribution in [1.82, 2.24) is 0 Å². The fourth-order valence-electron chi connectivity index (χ4n) is 3.78. The molecule has 1 amide bonds. The van der Waals surface area contributed by atoms with Gasteiger partial charge < -0.3 is 14.6 Å². The van der Waals surface area contributed by atoms with Crippen LogP contribution < -0.4 is 14.4 Å². The number of ketones is 1. The van der Waals surface area contributed by atoms with Crippen LogP contribution in [0.15, 0.2) is 84.4 Å². The SMILES string of the molecule is COc1ccc(C2/C(=C(/O)c3ccccc3)C(=O)C(=O)N2c2ccccc2)cc1OC. The van der Waals surface area contributed by atoms with Gasteiger partial charge in [0.2, 0.25) is 0 Å². The van der Waals surface area contributed by atoms with E-state index in [0.717, 1.165) is 0 Å². The van der Waals surface area contributed by atoms with Crippen molar-refractivity contribution in [3.63, 3.8) is 0 Å². The Hall–Kier alpha value is -4.06. The number of methoxy groups -OCH3 is 2. The van der Waals surface area contributed by atoms with Gasteiger partial charge >= 0.3 is 0 Å². The van der Waals surface area contributed by atoms with Crippen LogP contribution in [0.25, 0.3) is 5.76 Å². The van der Waals surface area contributed by atoms with Crippen molar-refractivity contribution in [1.29, 1.82) is 0 Å². The number of amides is 1.